The van der Waals surface area contributed by atoms with Gasteiger partial charge < -0.3 is 26.6 Å². The predicted octanol–water partition coefficient (Wildman–Crippen LogP) is 1.21. The van der Waals surface area contributed by atoms with Crippen LogP contribution in [0.25, 0.3) is 0 Å². The number of primary amides is 1. The van der Waals surface area contributed by atoms with Crippen molar-refractivity contribution in [3.8, 4) is 0 Å². The average Bonchev–Trinajstić information content (AvgIpc) is 3.22. The van der Waals surface area contributed by atoms with Gasteiger partial charge in [0.05, 0.1) is 6.04 Å². The van der Waals surface area contributed by atoms with Gasteiger partial charge in [-0.2, -0.15) is 0 Å². The Morgan fingerprint density at radius 1 is 1.25 bits per heavy atom. The molecule has 2 atom stereocenters. The minimum atomic E-state index is -0.491. The van der Waals surface area contributed by atoms with E-state index in [0.717, 1.165) is 37.8 Å². The smallest absolute Gasteiger partial charge is 0.321 e. The maximum Gasteiger partial charge on any atom is 0.321 e. The Morgan fingerprint density at radius 3 is 2.75 bits per heavy atom. The molecule has 2 fully saturated rings. The number of amides is 4. The topological polar surface area (TPSA) is 117 Å². The number of nitrogens with zero attached hydrogens (tertiary/aromatic N) is 1. The molecule has 2 aliphatic rings. The lowest BCUT2D eigenvalue weighted by atomic mass is 9.98. The van der Waals surface area contributed by atoms with Gasteiger partial charge in [0, 0.05) is 30.9 Å². The number of carbonyl (C=O) groups excluding carboxylic acids is 3. The van der Waals surface area contributed by atoms with Crippen LogP contribution in [0.1, 0.15) is 41.6 Å². The molecular formula is C20H29N5O3. The van der Waals surface area contributed by atoms with Gasteiger partial charge >= 0.3 is 6.03 Å². The van der Waals surface area contributed by atoms with E-state index in [9.17, 15) is 14.4 Å². The highest BCUT2D eigenvalue weighted by Gasteiger charge is 2.26. The predicted molar refractivity (Wildman–Crippen MR) is 107 cm³/mol. The van der Waals surface area contributed by atoms with E-state index < -0.39 is 5.91 Å². The van der Waals surface area contributed by atoms with Gasteiger partial charge in [-0.15, -0.1) is 0 Å². The lowest BCUT2D eigenvalue weighted by Gasteiger charge is -2.33. The van der Waals surface area contributed by atoms with Crippen LogP contribution in [0.3, 0.4) is 0 Å². The monoisotopic (exact) mass is 387 g/mol. The minimum Gasteiger partial charge on any atom is -0.366 e. The van der Waals surface area contributed by atoms with Gasteiger partial charge in [-0.3, -0.25) is 9.59 Å². The van der Waals surface area contributed by atoms with E-state index >= 15 is 0 Å². The van der Waals surface area contributed by atoms with E-state index in [1.54, 1.807) is 23.1 Å². The standard InChI is InChI=1S/C20H29N5O3/c1-13-10-15(18(21)26)6-7-16(13)24-20(28)25-9-3-4-14(12-25)11-23-19(27)17-5-2-8-22-17/h6-7,10,14,17,22H,2-5,8-9,11-12H2,1H3,(H2,21,26)(H,23,27)(H,24,28). The summed E-state index contributed by atoms with van der Waals surface area (Å²) in [5.74, 6) is -0.179. The zero-order chi connectivity index (χ0) is 20.1. The SMILES string of the molecule is Cc1cc(C(N)=O)ccc1NC(=O)N1CCCC(CNC(=O)C2CCCN2)C1. The Balaban J connectivity index is 1.51. The molecule has 0 aromatic heterocycles. The van der Waals surface area contributed by atoms with E-state index in [4.69, 9.17) is 5.73 Å². The fraction of sp³-hybridized carbons (Fsp3) is 0.550. The van der Waals surface area contributed by atoms with Crippen molar-refractivity contribution in [3.63, 3.8) is 0 Å². The van der Waals surface area contributed by atoms with Gasteiger partial charge in [-0.05, 0) is 68.8 Å². The Hall–Kier alpha value is -2.61. The molecule has 1 aromatic rings. The first-order chi connectivity index (χ1) is 13.4. The highest BCUT2D eigenvalue weighted by molar-refractivity contribution is 5.95. The number of hydrogen-bond acceptors (Lipinski definition) is 4. The van der Waals surface area contributed by atoms with Crippen LogP contribution < -0.4 is 21.7 Å². The van der Waals surface area contributed by atoms with Crippen LogP contribution in [-0.2, 0) is 4.79 Å². The van der Waals surface area contributed by atoms with Crippen molar-refractivity contribution in [2.75, 3.05) is 31.5 Å². The molecule has 0 bridgehead atoms. The molecule has 152 valence electrons. The molecule has 5 N–H and O–H groups in total. The van der Waals surface area contributed by atoms with E-state index in [0.29, 0.717) is 30.9 Å². The second-order valence-corrected chi connectivity index (χ2v) is 7.67. The summed E-state index contributed by atoms with van der Waals surface area (Å²) in [4.78, 5) is 37.9. The third-order valence-electron chi connectivity index (χ3n) is 5.50. The molecule has 3 rings (SSSR count). The highest BCUT2D eigenvalue weighted by atomic mass is 16.2. The van der Waals surface area contributed by atoms with Crippen LogP contribution in [0.15, 0.2) is 18.2 Å². The van der Waals surface area contributed by atoms with Crippen molar-refractivity contribution < 1.29 is 14.4 Å². The van der Waals surface area contributed by atoms with E-state index in [1.165, 1.54) is 0 Å². The van der Waals surface area contributed by atoms with Gasteiger partial charge in [0.2, 0.25) is 11.8 Å². The number of nitrogens with one attached hydrogen (secondary N) is 3. The van der Waals surface area contributed by atoms with Crippen molar-refractivity contribution >= 4 is 23.5 Å². The summed E-state index contributed by atoms with van der Waals surface area (Å²) in [6.07, 6.45) is 3.83. The van der Waals surface area contributed by atoms with Gasteiger partial charge in [0.1, 0.15) is 0 Å². The van der Waals surface area contributed by atoms with E-state index in [2.05, 4.69) is 16.0 Å². The third kappa shape index (κ3) is 5.01. The number of piperidine rings is 1. The summed E-state index contributed by atoms with van der Waals surface area (Å²) < 4.78 is 0. The number of rotatable bonds is 5. The second-order valence-electron chi connectivity index (χ2n) is 7.67. The Kier molecular flexibility index (Phi) is 6.51. The minimum absolute atomic E-state index is 0.0595. The first-order valence-corrected chi connectivity index (χ1v) is 9.91. The molecule has 0 radical (unpaired) electrons. The van der Waals surface area contributed by atoms with Crippen molar-refractivity contribution in [2.24, 2.45) is 11.7 Å². The van der Waals surface area contributed by atoms with Gasteiger partial charge in [-0.25, -0.2) is 4.79 Å². The fourth-order valence-corrected chi connectivity index (χ4v) is 3.84. The van der Waals surface area contributed by atoms with Crippen LogP contribution >= 0.6 is 0 Å². The number of urea groups is 1. The maximum atomic E-state index is 12.7. The molecule has 8 heteroatoms. The van der Waals surface area contributed by atoms with Crippen LogP contribution in [0, 0.1) is 12.8 Å². The number of carbonyl (C=O) groups is 3. The normalized spacial score (nSPS) is 22.0. The number of hydrogen-bond donors (Lipinski definition) is 4. The van der Waals surface area contributed by atoms with Gasteiger partial charge in [0.15, 0.2) is 0 Å². The van der Waals surface area contributed by atoms with Gasteiger partial charge in [-0.1, -0.05) is 0 Å². The van der Waals surface area contributed by atoms with Crippen molar-refractivity contribution in [3.05, 3.63) is 29.3 Å². The van der Waals surface area contributed by atoms with Crippen molar-refractivity contribution in [2.45, 2.75) is 38.6 Å². The number of benzene rings is 1. The van der Waals surface area contributed by atoms with Crippen LogP contribution in [-0.4, -0.2) is 55.0 Å². The molecule has 4 amide bonds. The first-order valence-electron chi connectivity index (χ1n) is 9.91. The number of likely N-dealkylation sites (tertiary alicyclic amines) is 1. The molecule has 1 aromatic carbocycles. The molecule has 28 heavy (non-hydrogen) atoms. The molecule has 2 unspecified atom stereocenters. The summed E-state index contributed by atoms with van der Waals surface area (Å²) in [6.45, 7) is 4.62. The molecule has 0 spiro atoms. The number of anilines is 1. The largest absolute Gasteiger partial charge is 0.366 e. The van der Waals surface area contributed by atoms with Crippen LogP contribution in [0.4, 0.5) is 10.5 Å². The third-order valence-corrected chi connectivity index (χ3v) is 5.50. The Bertz CT molecular complexity index is 745. The molecule has 2 aliphatic heterocycles. The van der Waals surface area contributed by atoms with Crippen molar-refractivity contribution in [1.82, 2.24) is 15.5 Å². The summed E-state index contributed by atoms with van der Waals surface area (Å²) in [5.41, 5.74) is 7.16. The second kappa shape index (κ2) is 9.05. The molecule has 2 heterocycles. The average molecular weight is 387 g/mol. The quantitative estimate of drug-likeness (QED) is 0.607. The molecule has 0 aliphatic carbocycles. The highest BCUT2D eigenvalue weighted by Crippen LogP contribution is 2.20. The lowest BCUT2D eigenvalue weighted by Crippen LogP contribution is -2.47. The van der Waals surface area contributed by atoms with Crippen LogP contribution in [0.5, 0.6) is 0 Å². The molecule has 8 nitrogen and oxygen atoms in total. The van der Waals surface area contributed by atoms with Gasteiger partial charge in [0.25, 0.3) is 0 Å². The Morgan fingerprint density at radius 2 is 2.07 bits per heavy atom. The summed E-state index contributed by atoms with van der Waals surface area (Å²) in [7, 11) is 0. The summed E-state index contributed by atoms with van der Waals surface area (Å²) >= 11 is 0. The number of nitrogens with two attached hydrogens (primary N) is 1. The first kappa shape index (κ1) is 20.1. The lowest BCUT2D eigenvalue weighted by molar-refractivity contribution is -0.123. The maximum absolute atomic E-state index is 12.7. The zero-order valence-corrected chi connectivity index (χ0v) is 16.3. The summed E-state index contributed by atoms with van der Waals surface area (Å²) in [5, 5.41) is 9.14. The van der Waals surface area contributed by atoms with Crippen molar-refractivity contribution in [1.29, 1.82) is 0 Å². The molecular weight excluding hydrogens is 358 g/mol. The zero-order valence-electron chi connectivity index (χ0n) is 16.3. The number of aryl methyl sites for hydroxylation is 1. The van der Waals surface area contributed by atoms with E-state index in [-0.39, 0.29) is 23.9 Å². The van der Waals surface area contributed by atoms with E-state index in [1.807, 2.05) is 6.92 Å². The summed E-state index contributed by atoms with van der Waals surface area (Å²) in [6, 6.07) is 4.74. The molecule has 2 saturated heterocycles. The fourth-order valence-electron chi connectivity index (χ4n) is 3.84. The molecule has 0 saturated carbocycles. The Labute approximate surface area is 165 Å². The van der Waals surface area contributed by atoms with Crippen LogP contribution in [0.2, 0.25) is 0 Å².